The summed E-state index contributed by atoms with van der Waals surface area (Å²) < 4.78 is 39.2. The molecule has 27 heavy (non-hydrogen) atoms. The first-order valence-corrected chi connectivity index (χ1v) is 7.68. The molecule has 0 aromatic heterocycles. The van der Waals surface area contributed by atoms with Gasteiger partial charge in [-0.25, -0.2) is 0 Å². The quantitative estimate of drug-likeness (QED) is 0.585. The van der Waals surface area contributed by atoms with E-state index in [1.54, 1.807) is 18.2 Å². The van der Waals surface area contributed by atoms with Gasteiger partial charge in [0, 0.05) is 11.2 Å². The topological polar surface area (TPSA) is 88.7 Å². The number of nitrogens with zero attached hydrogens (tertiary/aromatic N) is 2. The molecule has 0 radical (unpaired) electrons. The molecule has 2 N–H and O–H groups in total. The third kappa shape index (κ3) is 5.00. The van der Waals surface area contributed by atoms with Gasteiger partial charge in [-0.1, -0.05) is 23.7 Å². The molecular formula is C18H10ClF3N4O. The molecule has 2 aromatic carbocycles. The second kappa shape index (κ2) is 8.26. The van der Waals surface area contributed by atoms with Crippen LogP contribution in [-0.4, -0.2) is 5.91 Å². The molecule has 0 atom stereocenters. The summed E-state index contributed by atoms with van der Waals surface area (Å²) in [5.74, 6) is -0.879. The first kappa shape index (κ1) is 19.8. The van der Waals surface area contributed by atoms with Crippen LogP contribution in [-0.2, 0) is 11.0 Å². The number of rotatable bonds is 4. The molecule has 0 fully saturated rings. The van der Waals surface area contributed by atoms with E-state index in [4.69, 9.17) is 22.1 Å². The van der Waals surface area contributed by atoms with Crippen LogP contribution in [0.25, 0.3) is 0 Å². The van der Waals surface area contributed by atoms with Crippen molar-refractivity contribution in [3.63, 3.8) is 0 Å². The maximum Gasteiger partial charge on any atom is 0.418 e. The van der Waals surface area contributed by atoms with Crippen molar-refractivity contribution in [2.24, 2.45) is 0 Å². The van der Waals surface area contributed by atoms with Crippen molar-refractivity contribution in [3.05, 3.63) is 70.4 Å². The molecule has 5 nitrogen and oxygen atoms in total. The van der Waals surface area contributed by atoms with Gasteiger partial charge < -0.3 is 10.6 Å². The van der Waals surface area contributed by atoms with Gasteiger partial charge in [-0.3, -0.25) is 4.79 Å². The smallest absolute Gasteiger partial charge is 0.360 e. The van der Waals surface area contributed by atoms with Crippen LogP contribution < -0.4 is 10.6 Å². The minimum atomic E-state index is -4.68. The van der Waals surface area contributed by atoms with Crippen molar-refractivity contribution in [2.75, 3.05) is 10.6 Å². The minimum Gasteiger partial charge on any atom is -0.360 e. The minimum absolute atomic E-state index is 0.108. The fourth-order valence-electron chi connectivity index (χ4n) is 2.05. The van der Waals surface area contributed by atoms with Crippen molar-refractivity contribution in [1.82, 2.24) is 0 Å². The first-order valence-electron chi connectivity index (χ1n) is 7.30. The summed E-state index contributed by atoms with van der Waals surface area (Å²) in [6.07, 6.45) is -3.83. The van der Waals surface area contributed by atoms with Crippen LogP contribution in [0.3, 0.4) is 0 Å². The van der Waals surface area contributed by atoms with Crippen LogP contribution in [0.4, 0.5) is 24.5 Å². The number of nitriles is 2. The Hall–Kier alpha value is -3.49. The lowest BCUT2D eigenvalue weighted by molar-refractivity contribution is -0.136. The van der Waals surface area contributed by atoms with Crippen molar-refractivity contribution in [3.8, 4) is 12.1 Å². The molecule has 0 spiro atoms. The molecule has 0 aliphatic heterocycles. The highest BCUT2D eigenvalue weighted by Gasteiger charge is 2.33. The van der Waals surface area contributed by atoms with E-state index in [1.165, 1.54) is 18.2 Å². The summed E-state index contributed by atoms with van der Waals surface area (Å²) >= 11 is 5.60. The summed E-state index contributed by atoms with van der Waals surface area (Å²) in [5.41, 5.74) is -1.55. The molecule has 0 saturated carbocycles. The maximum absolute atomic E-state index is 13.1. The summed E-state index contributed by atoms with van der Waals surface area (Å²) in [6.45, 7) is 0. The molecule has 0 heterocycles. The molecule has 0 bridgehead atoms. The summed E-state index contributed by atoms with van der Waals surface area (Å²) in [4.78, 5) is 12.2. The Morgan fingerprint density at radius 3 is 2.44 bits per heavy atom. The van der Waals surface area contributed by atoms with Gasteiger partial charge in [0.25, 0.3) is 5.91 Å². The number of anilines is 2. The monoisotopic (exact) mass is 390 g/mol. The number of hydrogen-bond donors (Lipinski definition) is 2. The van der Waals surface area contributed by atoms with Gasteiger partial charge in [-0.15, -0.1) is 0 Å². The number of carbonyl (C=O) groups is 1. The standard InChI is InChI=1S/C18H10ClF3N4O/c19-13-5-6-16(14(7-13)18(20,21)22)25-10-12(9-24)17(27)26-15-4-2-1-3-11(15)8-23/h1-7,10,25H,(H,26,27)/b12-10-. The summed E-state index contributed by atoms with van der Waals surface area (Å²) in [5, 5.41) is 22.7. The lowest BCUT2D eigenvalue weighted by Crippen LogP contribution is -2.16. The summed E-state index contributed by atoms with van der Waals surface area (Å²) in [6, 6.07) is 12.6. The zero-order chi connectivity index (χ0) is 20.0. The highest BCUT2D eigenvalue weighted by atomic mass is 35.5. The highest BCUT2D eigenvalue weighted by Crippen LogP contribution is 2.36. The van der Waals surface area contributed by atoms with Crippen molar-refractivity contribution >= 4 is 28.9 Å². The number of amides is 1. The number of alkyl halides is 3. The van der Waals surface area contributed by atoms with Gasteiger partial charge in [0.15, 0.2) is 0 Å². The molecule has 2 rings (SSSR count). The average Bonchev–Trinajstić information content (AvgIpc) is 2.62. The lowest BCUT2D eigenvalue weighted by atomic mass is 10.1. The second-order valence-corrected chi connectivity index (χ2v) is 5.55. The lowest BCUT2D eigenvalue weighted by Gasteiger charge is -2.13. The number of carbonyl (C=O) groups excluding carboxylic acids is 1. The predicted molar refractivity (Wildman–Crippen MR) is 93.6 cm³/mol. The zero-order valence-corrected chi connectivity index (χ0v) is 14.2. The SMILES string of the molecule is N#C/C(=C/Nc1ccc(Cl)cc1C(F)(F)F)C(=O)Nc1ccccc1C#N. The van der Waals surface area contributed by atoms with E-state index in [1.807, 2.05) is 6.07 Å². The Bertz CT molecular complexity index is 987. The third-order valence-electron chi connectivity index (χ3n) is 3.32. The molecule has 0 aliphatic rings. The number of para-hydroxylation sites is 1. The number of benzene rings is 2. The van der Waals surface area contributed by atoms with Crippen LogP contribution in [0, 0.1) is 22.7 Å². The number of hydrogen-bond acceptors (Lipinski definition) is 4. The van der Waals surface area contributed by atoms with E-state index in [2.05, 4.69) is 10.6 Å². The van der Waals surface area contributed by atoms with E-state index in [9.17, 15) is 18.0 Å². The Morgan fingerprint density at radius 2 is 1.81 bits per heavy atom. The fourth-order valence-corrected chi connectivity index (χ4v) is 2.23. The average molecular weight is 391 g/mol. The molecule has 0 unspecified atom stereocenters. The van der Waals surface area contributed by atoms with Crippen LogP contribution in [0.2, 0.25) is 5.02 Å². The van der Waals surface area contributed by atoms with Crippen LogP contribution in [0.5, 0.6) is 0 Å². The largest absolute Gasteiger partial charge is 0.418 e. The van der Waals surface area contributed by atoms with Gasteiger partial charge in [-0.2, -0.15) is 23.7 Å². The Labute approximate surface area is 157 Å². The Balaban J connectivity index is 2.26. The Kier molecular flexibility index (Phi) is 6.07. The molecule has 1 amide bonds. The second-order valence-electron chi connectivity index (χ2n) is 5.11. The number of nitrogens with one attached hydrogen (secondary N) is 2. The van der Waals surface area contributed by atoms with Gasteiger partial charge >= 0.3 is 6.18 Å². The highest BCUT2D eigenvalue weighted by molar-refractivity contribution is 6.30. The molecule has 2 aromatic rings. The van der Waals surface area contributed by atoms with Crippen LogP contribution in [0.15, 0.2) is 54.2 Å². The van der Waals surface area contributed by atoms with Gasteiger partial charge in [0.2, 0.25) is 0 Å². The first-order chi connectivity index (χ1) is 12.8. The van der Waals surface area contributed by atoms with Gasteiger partial charge in [-0.05, 0) is 30.3 Å². The zero-order valence-electron chi connectivity index (χ0n) is 13.4. The van der Waals surface area contributed by atoms with Crippen molar-refractivity contribution < 1.29 is 18.0 Å². The third-order valence-corrected chi connectivity index (χ3v) is 3.55. The van der Waals surface area contributed by atoms with Crippen LogP contribution >= 0.6 is 11.6 Å². The maximum atomic E-state index is 13.1. The van der Waals surface area contributed by atoms with E-state index in [0.29, 0.717) is 0 Å². The molecular weight excluding hydrogens is 381 g/mol. The molecule has 0 aliphatic carbocycles. The van der Waals surface area contributed by atoms with E-state index < -0.39 is 23.2 Å². The predicted octanol–water partition coefficient (Wildman–Crippen LogP) is 4.69. The van der Waals surface area contributed by atoms with Crippen molar-refractivity contribution in [1.29, 1.82) is 10.5 Å². The van der Waals surface area contributed by atoms with Gasteiger partial charge in [0.05, 0.1) is 22.5 Å². The van der Waals surface area contributed by atoms with E-state index in [-0.39, 0.29) is 22.0 Å². The van der Waals surface area contributed by atoms with Crippen LogP contribution in [0.1, 0.15) is 11.1 Å². The Morgan fingerprint density at radius 1 is 1.11 bits per heavy atom. The van der Waals surface area contributed by atoms with E-state index >= 15 is 0 Å². The van der Waals surface area contributed by atoms with E-state index in [0.717, 1.165) is 18.3 Å². The van der Waals surface area contributed by atoms with Gasteiger partial charge in [0.1, 0.15) is 17.7 Å². The number of halogens is 4. The fraction of sp³-hybridized carbons (Fsp3) is 0.0556. The van der Waals surface area contributed by atoms with Crippen molar-refractivity contribution in [2.45, 2.75) is 6.18 Å². The summed E-state index contributed by atoms with van der Waals surface area (Å²) in [7, 11) is 0. The molecule has 136 valence electrons. The normalized spacial score (nSPS) is 11.3. The molecule has 9 heteroatoms. The molecule has 0 saturated heterocycles.